The van der Waals surface area contributed by atoms with E-state index in [4.69, 9.17) is 16.4 Å². The highest BCUT2D eigenvalue weighted by molar-refractivity contribution is 6.35. The van der Waals surface area contributed by atoms with E-state index in [9.17, 15) is 13.2 Å². The van der Waals surface area contributed by atoms with Gasteiger partial charge in [0, 0.05) is 29.2 Å². The molecule has 0 bridgehead atoms. The Labute approximate surface area is 188 Å². The van der Waals surface area contributed by atoms with E-state index >= 15 is 0 Å². The molecule has 0 fully saturated rings. The van der Waals surface area contributed by atoms with E-state index in [0.29, 0.717) is 52.3 Å². The first kappa shape index (κ1) is 22.4. The summed E-state index contributed by atoms with van der Waals surface area (Å²) in [6.07, 6.45) is -4.50. The maximum absolute atomic E-state index is 13.5. The van der Waals surface area contributed by atoms with Gasteiger partial charge >= 0.3 is 6.18 Å². The van der Waals surface area contributed by atoms with E-state index in [2.05, 4.69) is 15.2 Å². The van der Waals surface area contributed by atoms with Crippen molar-refractivity contribution in [2.75, 3.05) is 13.1 Å². The van der Waals surface area contributed by atoms with Crippen LogP contribution in [0.5, 0.6) is 0 Å². The third-order valence-corrected chi connectivity index (χ3v) is 5.54. The number of aromatic nitrogens is 3. The molecule has 0 N–H and O–H groups in total. The number of nitrogens with zero attached hydrogens (tertiary/aromatic N) is 5. The smallest absolute Gasteiger partial charge is 0.291 e. The minimum absolute atomic E-state index is 0.122. The molecule has 0 spiro atoms. The number of hydrogen-bond donors (Lipinski definition) is 0. The largest absolute Gasteiger partial charge is 0.416 e. The monoisotopic (exact) mass is 463 g/mol. The second kappa shape index (κ2) is 9.01. The zero-order valence-corrected chi connectivity index (χ0v) is 18.3. The Morgan fingerprint density at radius 2 is 1.81 bits per heavy atom. The molecule has 0 unspecified atom stereocenters. The molecule has 1 aliphatic heterocycles. The second-order valence-corrected chi connectivity index (χ2v) is 7.54. The first-order valence-electron chi connectivity index (χ1n) is 10.2. The number of hydroxylamine groups is 2. The minimum atomic E-state index is -4.50. The molecule has 0 saturated heterocycles. The van der Waals surface area contributed by atoms with Crippen LogP contribution in [0.4, 0.5) is 13.2 Å². The molecule has 0 saturated carbocycles. The maximum atomic E-state index is 13.5. The van der Waals surface area contributed by atoms with Crippen LogP contribution in [0.1, 0.15) is 42.2 Å². The Morgan fingerprint density at radius 1 is 1.06 bits per heavy atom. The van der Waals surface area contributed by atoms with Gasteiger partial charge in [-0.15, -0.1) is 10.2 Å². The fraction of sp³-hybridized carbons (Fsp3) is 0.318. The molecule has 0 atom stereocenters. The predicted molar refractivity (Wildman–Crippen MR) is 115 cm³/mol. The molecule has 2 aromatic carbocycles. The van der Waals surface area contributed by atoms with Crippen molar-refractivity contribution in [3.63, 3.8) is 0 Å². The van der Waals surface area contributed by atoms with Gasteiger partial charge in [0.2, 0.25) is 0 Å². The number of hydrogen-bond acceptors (Lipinski definition) is 5. The molecule has 0 aliphatic carbocycles. The molecular weight excluding hydrogens is 443 g/mol. The van der Waals surface area contributed by atoms with Crippen LogP contribution >= 0.6 is 11.6 Å². The molecular formula is C22H21ClF3N5O. The van der Waals surface area contributed by atoms with E-state index in [0.717, 1.165) is 12.1 Å². The van der Waals surface area contributed by atoms with Crippen LogP contribution in [-0.4, -0.2) is 38.6 Å². The van der Waals surface area contributed by atoms with Gasteiger partial charge in [-0.3, -0.25) is 14.4 Å². The highest BCUT2D eigenvalue weighted by atomic mass is 35.5. The third kappa shape index (κ3) is 4.28. The van der Waals surface area contributed by atoms with Gasteiger partial charge in [0.1, 0.15) is 13.2 Å². The highest BCUT2D eigenvalue weighted by Gasteiger charge is 2.33. The molecule has 1 aliphatic rings. The van der Waals surface area contributed by atoms with Crippen LogP contribution in [0.15, 0.2) is 47.5 Å². The molecule has 168 valence electrons. The third-order valence-electron chi connectivity index (χ3n) is 5.21. The van der Waals surface area contributed by atoms with Gasteiger partial charge in [0.05, 0.1) is 17.0 Å². The summed E-state index contributed by atoms with van der Waals surface area (Å²) in [5, 5.41) is 10.6. The average Bonchev–Trinajstić information content (AvgIpc) is 3.10. The quantitative estimate of drug-likeness (QED) is 0.479. The Kier molecular flexibility index (Phi) is 6.32. The minimum Gasteiger partial charge on any atom is -0.291 e. The van der Waals surface area contributed by atoms with Crippen molar-refractivity contribution in [3.8, 4) is 5.69 Å². The van der Waals surface area contributed by atoms with Crippen LogP contribution in [0, 0.1) is 0 Å². The summed E-state index contributed by atoms with van der Waals surface area (Å²) in [5.41, 5.74) is 0.948. The lowest BCUT2D eigenvalue weighted by Crippen LogP contribution is -2.24. The fourth-order valence-electron chi connectivity index (χ4n) is 3.60. The number of alkyl halides is 3. The van der Waals surface area contributed by atoms with Gasteiger partial charge < -0.3 is 0 Å². The van der Waals surface area contributed by atoms with Crippen LogP contribution in [0.2, 0.25) is 5.02 Å². The van der Waals surface area contributed by atoms with Crippen molar-refractivity contribution < 1.29 is 18.0 Å². The highest BCUT2D eigenvalue weighted by Crippen LogP contribution is 2.35. The van der Waals surface area contributed by atoms with Crippen molar-refractivity contribution in [2.45, 2.75) is 33.2 Å². The second-order valence-electron chi connectivity index (χ2n) is 7.13. The summed E-state index contributed by atoms with van der Waals surface area (Å²) >= 11 is 6.38. The van der Waals surface area contributed by atoms with E-state index in [1.54, 1.807) is 33.9 Å². The Balaban J connectivity index is 1.87. The summed E-state index contributed by atoms with van der Waals surface area (Å²) in [6, 6.07) is 10.5. The zero-order valence-electron chi connectivity index (χ0n) is 17.5. The van der Waals surface area contributed by atoms with Gasteiger partial charge in [-0.25, -0.2) is 0 Å². The van der Waals surface area contributed by atoms with Crippen molar-refractivity contribution in [3.05, 3.63) is 75.8 Å². The Bertz CT molecular complexity index is 1150. The summed E-state index contributed by atoms with van der Waals surface area (Å²) in [5.74, 6) is 0.981. The molecule has 2 heterocycles. The van der Waals surface area contributed by atoms with Crippen molar-refractivity contribution >= 4 is 17.3 Å². The maximum Gasteiger partial charge on any atom is 0.416 e. The number of aliphatic imine (C=N–C) groups is 1. The molecule has 1 aromatic heterocycles. The number of fused-ring (bicyclic) bond motifs is 3. The summed E-state index contributed by atoms with van der Waals surface area (Å²) in [6.45, 7) is 5.55. The first-order chi connectivity index (χ1) is 15.3. The normalized spacial score (nSPS) is 13.5. The van der Waals surface area contributed by atoms with Crippen LogP contribution in [0.3, 0.4) is 0 Å². The van der Waals surface area contributed by atoms with E-state index in [1.807, 2.05) is 13.8 Å². The first-order valence-corrected chi connectivity index (χ1v) is 10.5. The number of halogens is 4. The number of benzene rings is 2. The van der Waals surface area contributed by atoms with E-state index < -0.39 is 11.7 Å². The lowest BCUT2D eigenvalue weighted by atomic mass is 9.98. The van der Waals surface area contributed by atoms with Crippen molar-refractivity contribution in [1.29, 1.82) is 0 Å². The van der Waals surface area contributed by atoms with Crippen molar-refractivity contribution in [2.24, 2.45) is 4.99 Å². The standard InChI is InChI=1S/C22H21ClF3N5O/c1-3-30(4-2)32-13-20-29-28-19-12-27-21(15-7-5-6-8-17(15)23)16-11-14(22(24,25)26)9-10-18(16)31(19)20/h5-11H,3-4,12-13H2,1-2H3. The molecule has 0 amide bonds. The fourth-order valence-corrected chi connectivity index (χ4v) is 3.82. The topological polar surface area (TPSA) is 55.5 Å². The molecule has 6 nitrogen and oxygen atoms in total. The zero-order chi connectivity index (χ0) is 22.9. The number of rotatable bonds is 6. The molecule has 32 heavy (non-hydrogen) atoms. The Morgan fingerprint density at radius 3 is 2.50 bits per heavy atom. The average molecular weight is 464 g/mol. The van der Waals surface area contributed by atoms with E-state index in [1.165, 1.54) is 6.07 Å². The predicted octanol–water partition coefficient (Wildman–Crippen LogP) is 5.06. The SMILES string of the molecule is CCN(CC)OCc1nnc2n1-c1ccc(C(F)(F)F)cc1C(c1ccccc1Cl)=NC2. The molecule has 3 aromatic rings. The van der Waals surface area contributed by atoms with Gasteiger partial charge in [-0.2, -0.15) is 18.2 Å². The van der Waals surface area contributed by atoms with Crippen LogP contribution in [-0.2, 0) is 24.2 Å². The van der Waals surface area contributed by atoms with Gasteiger partial charge in [-0.1, -0.05) is 43.6 Å². The van der Waals surface area contributed by atoms with Crippen molar-refractivity contribution in [1.82, 2.24) is 19.8 Å². The Hall–Kier alpha value is -2.75. The molecule has 0 radical (unpaired) electrons. The van der Waals surface area contributed by atoms with Crippen LogP contribution in [0.25, 0.3) is 5.69 Å². The summed E-state index contributed by atoms with van der Waals surface area (Å²) in [4.78, 5) is 10.4. The van der Waals surface area contributed by atoms with E-state index in [-0.39, 0.29) is 13.2 Å². The van der Waals surface area contributed by atoms with Crippen LogP contribution < -0.4 is 0 Å². The summed E-state index contributed by atoms with van der Waals surface area (Å²) < 4.78 is 42.4. The van der Waals surface area contributed by atoms with Gasteiger partial charge in [0.15, 0.2) is 11.6 Å². The molecule has 4 rings (SSSR count). The van der Waals surface area contributed by atoms with Gasteiger partial charge in [0.25, 0.3) is 0 Å². The summed E-state index contributed by atoms with van der Waals surface area (Å²) in [7, 11) is 0. The van der Waals surface area contributed by atoms with Gasteiger partial charge in [-0.05, 0) is 24.3 Å². The lowest BCUT2D eigenvalue weighted by Gasteiger charge is -2.19. The lowest BCUT2D eigenvalue weighted by molar-refractivity contribution is -0.165. The molecule has 10 heteroatoms.